The first-order valence-corrected chi connectivity index (χ1v) is 12.5. The predicted molar refractivity (Wildman–Crippen MR) is 133 cm³/mol. The highest BCUT2D eigenvalue weighted by Gasteiger charge is 2.42. The van der Waals surface area contributed by atoms with Crippen molar-refractivity contribution in [3.8, 4) is 11.5 Å². The number of urea groups is 1. The smallest absolute Gasteiger partial charge is 0.322 e. The maximum atomic E-state index is 13.3. The number of piperazine rings is 1. The third-order valence-corrected chi connectivity index (χ3v) is 7.54. The van der Waals surface area contributed by atoms with E-state index in [4.69, 9.17) is 9.47 Å². The van der Waals surface area contributed by atoms with Crippen LogP contribution in [0.4, 0.5) is 4.79 Å². The van der Waals surface area contributed by atoms with Crippen molar-refractivity contribution in [2.45, 2.75) is 17.4 Å². The molecule has 2 aromatic carbocycles. The number of benzene rings is 2. The molecule has 2 aliphatic rings. The Bertz CT molecular complexity index is 1070. The van der Waals surface area contributed by atoms with Gasteiger partial charge in [0.05, 0.1) is 12.7 Å². The van der Waals surface area contributed by atoms with E-state index >= 15 is 0 Å². The van der Waals surface area contributed by atoms with E-state index in [2.05, 4.69) is 15.5 Å². The van der Waals surface area contributed by atoms with Crippen LogP contribution in [0.25, 0.3) is 0 Å². The Morgan fingerprint density at radius 2 is 1.71 bits per heavy atom. The summed E-state index contributed by atoms with van der Waals surface area (Å²) in [6.07, 6.45) is 0. The molecule has 0 bridgehead atoms. The van der Waals surface area contributed by atoms with E-state index in [0.29, 0.717) is 31.0 Å². The molecule has 2 aromatic rings. The number of ether oxygens (including phenoxy) is 2. The van der Waals surface area contributed by atoms with Crippen molar-refractivity contribution in [1.82, 2.24) is 20.4 Å². The molecule has 0 unspecified atom stereocenters. The summed E-state index contributed by atoms with van der Waals surface area (Å²) in [5.74, 6) is 1.55. The van der Waals surface area contributed by atoms with Crippen molar-refractivity contribution in [3.05, 3.63) is 54.1 Å². The Hall–Kier alpha value is -3.24. The number of methoxy groups -OCH3 is 1. The molecule has 2 saturated heterocycles. The van der Waals surface area contributed by atoms with Crippen molar-refractivity contribution in [3.63, 3.8) is 0 Å². The summed E-state index contributed by atoms with van der Waals surface area (Å²) in [6, 6.07) is 14.4. The van der Waals surface area contributed by atoms with Crippen LogP contribution in [0.3, 0.4) is 0 Å². The van der Waals surface area contributed by atoms with Crippen LogP contribution >= 0.6 is 11.8 Å². The lowest BCUT2D eigenvalue weighted by Gasteiger charge is -2.35. The quantitative estimate of drug-likeness (QED) is 0.404. The highest BCUT2D eigenvalue weighted by molar-refractivity contribution is 7.99. The number of nitrogens with one attached hydrogen (secondary N) is 2. The Labute approximate surface area is 209 Å². The minimum atomic E-state index is -1.00. The average Bonchev–Trinajstić information content (AvgIpc) is 3.14. The molecule has 0 radical (unpaired) electrons. The van der Waals surface area contributed by atoms with Crippen LogP contribution in [0, 0.1) is 0 Å². The summed E-state index contributed by atoms with van der Waals surface area (Å²) in [7, 11) is 1.63. The molecular weight excluding hydrogens is 468 g/mol. The van der Waals surface area contributed by atoms with E-state index < -0.39 is 11.6 Å². The second kappa shape index (κ2) is 11.0. The van der Waals surface area contributed by atoms with Gasteiger partial charge in [-0.25, -0.2) is 4.79 Å². The van der Waals surface area contributed by atoms with Gasteiger partial charge in [0, 0.05) is 43.4 Å². The zero-order valence-corrected chi connectivity index (χ0v) is 20.7. The van der Waals surface area contributed by atoms with Crippen LogP contribution in [0.5, 0.6) is 11.5 Å². The number of carbonyl (C=O) groups is 3. The summed E-state index contributed by atoms with van der Waals surface area (Å²) < 4.78 is 11.0. The molecule has 186 valence electrons. The largest absolute Gasteiger partial charge is 0.497 e. The number of nitrogens with zero attached hydrogens (tertiary/aromatic N) is 2. The number of hydrogen-bond donors (Lipinski definition) is 2. The topological polar surface area (TPSA) is 100 Å². The normalized spacial score (nSPS) is 20.3. The standard InChI is InChI=1S/C25H30N4O5S/c1-25(23(31)26-24(32)27-25)17-35-21-6-4-3-5-20(21)22(30)29-13-11-28(12-14-29)15-16-34-19-9-7-18(33-2)8-10-19/h3-10H,11-17H2,1-2H3,(H2,26,27,31,32)/t25-/m0/s1. The molecule has 2 fully saturated rings. The molecule has 10 heteroatoms. The molecule has 0 saturated carbocycles. The number of amides is 4. The van der Waals surface area contributed by atoms with E-state index in [9.17, 15) is 14.4 Å². The van der Waals surface area contributed by atoms with Gasteiger partial charge in [-0.3, -0.25) is 19.8 Å². The fourth-order valence-corrected chi connectivity index (χ4v) is 5.12. The first-order valence-electron chi connectivity index (χ1n) is 11.5. The van der Waals surface area contributed by atoms with E-state index in [0.717, 1.165) is 36.0 Å². The van der Waals surface area contributed by atoms with Gasteiger partial charge >= 0.3 is 6.03 Å². The molecule has 4 rings (SSSR count). The lowest BCUT2D eigenvalue weighted by molar-refractivity contribution is -0.122. The molecule has 4 amide bonds. The Morgan fingerprint density at radius 1 is 1.03 bits per heavy atom. The monoisotopic (exact) mass is 498 g/mol. The fourth-order valence-electron chi connectivity index (χ4n) is 3.98. The van der Waals surface area contributed by atoms with Crippen molar-refractivity contribution in [2.24, 2.45) is 0 Å². The lowest BCUT2D eigenvalue weighted by atomic mass is 10.1. The number of imide groups is 1. The van der Waals surface area contributed by atoms with Gasteiger partial charge in [-0.15, -0.1) is 11.8 Å². The zero-order chi connectivity index (χ0) is 24.8. The molecule has 9 nitrogen and oxygen atoms in total. The molecule has 35 heavy (non-hydrogen) atoms. The van der Waals surface area contributed by atoms with Crippen LogP contribution in [-0.4, -0.2) is 85.4 Å². The molecule has 2 aliphatic heterocycles. The zero-order valence-electron chi connectivity index (χ0n) is 19.9. The van der Waals surface area contributed by atoms with Gasteiger partial charge in [0.1, 0.15) is 23.6 Å². The van der Waals surface area contributed by atoms with Crippen LogP contribution < -0.4 is 20.1 Å². The minimum Gasteiger partial charge on any atom is -0.497 e. The fraction of sp³-hybridized carbons (Fsp3) is 0.400. The van der Waals surface area contributed by atoms with Crippen molar-refractivity contribution >= 4 is 29.6 Å². The van der Waals surface area contributed by atoms with Crippen LogP contribution in [0.15, 0.2) is 53.4 Å². The van der Waals surface area contributed by atoms with Gasteiger partial charge in [0.15, 0.2) is 0 Å². The highest BCUT2D eigenvalue weighted by atomic mass is 32.2. The molecule has 0 spiro atoms. The Morgan fingerprint density at radius 3 is 2.37 bits per heavy atom. The van der Waals surface area contributed by atoms with Crippen molar-refractivity contribution in [2.75, 3.05) is 52.2 Å². The van der Waals surface area contributed by atoms with Gasteiger partial charge in [0.25, 0.3) is 11.8 Å². The highest BCUT2D eigenvalue weighted by Crippen LogP contribution is 2.28. The molecule has 0 aromatic heterocycles. The third-order valence-electron chi connectivity index (χ3n) is 6.15. The van der Waals surface area contributed by atoms with E-state index in [-0.39, 0.29) is 11.8 Å². The Balaban J connectivity index is 1.27. The molecule has 2 N–H and O–H groups in total. The first kappa shape index (κ1) is 24.9. The average molecular weight is 499 g/mol. The van der Waals surface area contributed by atoms with E-state index in [1.165, 1.54) is 11.8 Å². The van der Waals surface area contributed by atoms with Gasteiger partial charge in [-0.2, -0.15) is 0 Å². The number of rotatable bonds is 9. The predicted octanol–water partition coefficient (Wildman–Crippen LogP) is 2.22. The molecular formula is C25H30N4O5S. The van der Waals surface area contributed by atoms with E-state index in [1.54, 1.807) is 14.0 Å². The van der Waals surface area contributed by atoms with Gasteiger partial charge in [0.2, 0.25) is 0 Å². The van der Waals surface area contributed by atoms with Crippen molar-refractivity contribution < 1.29 is 23.9 Å². The van der Waals surface area contributed by atoms with Crippen LogP contribution in [0.2, 0.25) is 0 Å². The number of thioether (sulfide) groups is 1. The van der Waals surface area contributed by atoms with E-state index in [1.807, 2.05) is 53.4 Å². The number of carbonyl (C=O) groups excluding carboxylic acids is 3. The lowest BCUT2D eigenvalue weighted by Crippen LogP contribution is -2.49. The SMILES string of the molecule is COc1ccc(OCCN2CCN(C(=O)c3ccccc3SC[C@]3(C)NC(=O)NC3=O)CC2)cc1. The van der Waals surface area contributed by atoms with Gasteiger partial charge < -0.3 is 19.7 Å². The summed E-state index contributed by atoms with van der Waals surface area (Å²) >= 11 is 1.40. The first-order chi connectivity index (χ1) is 16.9. The second-order valence-corrected chi connectivity index (χ2v) is 9.70. The van der Waals surface area contributed by atoms with Gasteiger partial charge in [-0.1, -0.05) is 12.1 Å². The van der Waals surface area contributed by atoms with Crippen LogP contribution in [0.1, 0.15) is 17.3 Å². The maximum Gasteiger partial charge on any atom is 0.322 e. The summed E-state index contributed by atoms with van der Waals surface area (Å²) in [5, 5.41) is 4.93. The van der Waals surface area contributed by atoms with Crippen LogP contribution in [-0.2, 0) is 4.79 Å². The third kappa shape index (κ3) is 6.07. The number of hydrogen-bond acceptors (Lipinski definition) is 7. The second-order valence-electron chi connectivity index (χ2n) is 8.68. The van der Waals surface area contributed by atoms with Gasteiger partial charge in [-0.05, 0) is 43.3 Å². The maximum absolute atomic E-state index is 13.3. The van der Waals surface area contributed by atoms with Crippen molar-refractivity contribution in [1.29, 1.82) is 0 Å². The summed E-state index contributed by atoms with van der Waals surface area (Å²) in [6.45, 7) is 5.86. The molecule has 2 heterocycles. The Kier molecular flexibility index (Phi) is 7.82. The molecule has 0 aliphatic carbocycles. The molecule has 1 atom stereocenters. The minimum absolute atomic E-state index is 0.0210. The summed E-state index contributed by atoms with van der Waals surface area (Å²) in [5.41, 5.74) is -0.389. The summed E-state index contributed by atoms with van der Waals surface area (Å²) in [4.78, 5) is 41.9.